The van der Waals surface area contributed by atoms with Gasteiger partial charge < -0.3 is 16.8 Å². The van der Waals surface area contributed by atoms with Gasteiger partial charge in [-0.15, -0.1) is 0 Å². The fourth-order valence-electron chi connectivity index (χ4n) is 5.77. The Morgan fingerprint density at radius 2 is 1.50 bits per heavy atom. The van der Waals surface area contributed by atoms with Crippen molar-refractivity contribution in [1.82, 2.24) is 10.2 Å². The third-order valence-electron chi connectivity index (χ3n) is 6.91. The molecule has 5 N–H and O–H groups in total. The number of rotatable bonds is 1. The minimum atomic E-state index is -0.122. The zero-order valence-electron chi connectivity index (χ0n) is 12.8. The molecular formula is C16H30N4. The van der Waals surface area contributed by atoms with Crippen molar-refractivity contribution in [1.29, 1.82) is 0 Å². The molecule has 4 aliphatic rings. The lowest BCUT2D eigenvalue weighted by atomic mass is 9.60. The molecule has 2 saturated heterocycles. The molecule has 2 atom stereocenters. The van der Waals surface area contributed by atoms with Crippen LogP contribution in [0.1, 0.15) is 45.4 Å². The van der Waals surface area contributed by atoms with Gasteiger partial charge in [0.25, 0.3) is 0 Å². The van der Waals surface area contributed by atoms with Crippen molar-refractivity contribution in [2.75, 3.05) is 26.2 Å². The monoisotopic (exact) mass is 278 g/mol. The van der Waals surface area contributed by atoms with Gasteiger partial charge in [0.15, 0.2) is 0 Å². The Balaban J connectivity index is 1.41. The number of nitrogens with zero attached hydrogens (tertiary/aromatic N) is 1. The molecule has 2 saturated carbocycles. The van der Waals surface area contributed by atoms with Crippen LogP contribution in [0.5, 0.6) is 0 Å². The SMILES string of the molecule is CC1CC2(N)CN(C3CC4(CCNCC4)C3)CC2(N)C1. The third kappa shape index (κ3) is 1.81. The second kappa shape index (κ2) is 4.19. The number of hydrogen-bond donors (Lipinski definition) is 3. The topological polar surface area (TPSA) is 67.3 Å². The lowest BCUT2D eigenvalue weighted by Gasteiger charge is -2.53. The summed E-state index contributed by atoms with van der Waals surface area (Å²) in [5.41, 5.74) is 13.8. The first-order valence-corrected chi connectivity index (χ1v) is 8.46. The molecule has 2 unspecified atom stereocenters. The number of piperidine rings is 1. The van der Waals surface area contributed by atoms with Crippen LogP contribution in [0.4, 0.5) is 0 Å². The van der Waals surface area contributed by atoms with E-state index >= 15 is 0 Å². The van der Waals surface area contributed by atoms with Crippen LogP contribution in [-0.4, -0.2) is 48.2 Å². The van der Waals surface area contributed by atoms with Crippen LogP contribution < -0.4 is 16.8 Å². The molecule has 2 aliphatic carbocycles. The molecule has 4 heteroatoms. The lowest BCUT2D eigenvalue weighted by Crippen LogP contribution is -2.61. The highest BCUT2D eigenvalue weighted by Crippen LogP contribution is 2.53. The normalized spacial score (nSPS) is 48.5. The zero-order chi connectivity index (χ0) is 14.0. The number of fused-ring (bicyclic) bond motifs is 1. The maximum absolute atomic E-state index is 6.69. The van der Waals surface area contributed by atoms with Gasteiger partial charge in [0.05, 0.1) is 0 Å². The third-order valence-corrected chi connectivity index (χ3v) is 6.91. The Bertz CT molecular complexity index is 377. The van der Waals surface area contributed by atoms with E-state index in [0.29, 0.717) is 11.3 Å². The second-order valence-electron chi connectivity index (χ2n) is 8.54. The Morgan fingerprint density at radius 1 is 0.950 bits per heavy atom. The summed E-state index contributed by atoms with van der Waals surface area (Å²) in [4.78, 5) is 2.64. The summed E-state index contributed by atoms with van der Waals surface area (Å²) >= 11 is 0. The van der Waals surface area contributed by atoms with E-state index in [4.69, 9.17) is 11.5 Å². The van der Waals surface area contributed by atoms with Gasteiger partial charge in [-0.1, -0.05) is 6.92 Å². The number of likely N-dealkylation sites (tertiary alicyclic amines) is 1. The highest BCUT2D eigenvalue weighted by Gasteiger charge is 2.60. The van der Waals surface area contributed by atoms with Crippen LogP contribution in [0.15, 0.2) is 0 Å². The van der Waals surface area contributed by atoms with Crippen molar-refractivity contribution in [3.8, 4) is 0 Å². The molecule has 114 valence electrons. The number of hydrogen-bond acceptors (Lipinski definition) is 4. The van der Waals surface area contributed by atoms with E-state index in [1.807, 2.05) is 0 Å². The molecule has 0 amide bonds. The lowest BCUT2D eigenvalue weighted by molar-refractivity contribution is -0.0153. The second-order valence-corrected chi connectivity index (χ2v) is 8.54. The molecule has 2 aliphatic heterocycles. The molecular weight excluding hydrogens is 248 g/mol. The highest BCUT2D eigenvalue weighted by atomic mass is 15.3. The van der Waals surface area contributed by atoms with Crippen molar-refractivity contribution < 1.29 is 0 Å². The predicted octanol–water partition coefficient (Wildman–Crippen LogP) is 0.659. The van der Waals surface area contributed by atoms with Crippen LogP contribution in [0.2, 0.25) is 0 Å². The molecule has 4 nitrogen and oxygen atoms in total. The van der Waals surface area contributed by atoms with Crippen LogP contribution in [0, 0.1) is 11.3 Å². The van der Waals surface area contributed by atoms with Crippen molar-refractivity contribution in [3.63, 3.8) is 0 Å². The van der Waals surface area contributed by atoms with E-state index < -0.39 is 0 Å². The summed E-state index contributed by atoms with van der Waals surface area (Å²) in [6, 6.07) is 0.759. The van der Waals surface area contributed by atoms with E-state index in [1.165, 1.54) is 38.8 Å². The standard InChI is InChI=1S/C16H30N4/c1-12-6-15(17)10-20(11-16(15,18)7-12)13-8-14(9-13)2-4-19-5-3-14/h12-13,19H,2-11,17-18H2,1H3. The highest BCUT2D eigenvalue weighted by molar-refractivity contribution is 5.21. The average molecular weight is 278 g/mol. The Hall–Kier alpha value is -0.160. The minimum absolute atomic E-state index is 0.122. The molecule has 0 aromatic rings. The average Bonchev–Trinajstić information content (AvgIpc) is 2.70. The van der Waals surface area contributed by atoms with Crippen molar-refractivity contribution in [2.24, 2.45) is 22.8 Å². The summed E-state index contributed by atoms with van der Waals surface area (Å²) in [6.07, 6.45) is 7.74. The fraction of sp³-hybridized carbons (Fsp3) is 1.00. The van der Waals surface area contributed by atoms with E-state index in [9.17, 15) is 0 Å². The van der Waals surface area contributed by atoms with Crippen LogP contribution in [0.25, 0.3) is 0 Å². The van der Waals surface area contributed by atoms with Crippen molar-refractivity contribution in [3.05, 3.63) is 0 Å². The van der Waals surface area contributed by atoms with Crippen LogP contribution in [0.3, 0.4) is 0 Å². The quantitative estimate of drug-likeness (QED) is 0.659. The first-order chi connectivity index (χ1) is 9.44. The van der Waals surface area contributed by atoms with Gasteiger partial charge in [-0.25, -0.2) is 0 Å². The van der Waals surface area contributed by atoms with Gasteiger partial charge in [-0.3, -0.25) is 4.90 Å². The molecule has 0 aromatic heterocycles. The molecule has 0 bridgehead atoms. The van der Waals surface area contributed by atoms with Crippen molar-refractivity contribution >= 4 is 0 Å². The number of nitrogens with two attached hydrogens (primary N) is 2. The number of nitrogens with one attached hydrogen (secondary N) is 1. The van der Waals surface area contributed by atoms with Crippen LogP contribution >= 0.6 is 0 Å². The van der Waals surface area contributed by atoms with E-state index in [0.717, 1.165) is 32.0 Å². The molecule has 0 aromatic carbocycles. The van der Waals surface area contributed by atoms with Gasteiger partial charge in [-0.2, -0.15) is 0 Å². The summed E-state index contributed by atoms with van der Waals surface area (Å²) in [5, 5.41) is 3.49. The Morgan fingerprint density at radius 3 is 2.05 bits per heavy atom. The van der Waals surface area contributed by atoms with Gasteiger partial charge in [0, 0.05) is 30.2 Å². The summed E-state index contributed by atoms with van der Waals surface area (Å²) in [7, 11) is 0. The molecule has 4 rings (SSSR count). The smallest absolute Gasteiger partial charge is 0.0481 e. The maximum Gasteiger partial charge on any atom is 0.0481 e. The largest absolute Gasteiger partial charge is 0.322 e. The van der Waals surface area contributed by atoms with Gasteiger partial charge in [0.1, 0.15) is 0 Å². The molecule has 20 heavy (non-hydrogen) atoms. The molecule has 1 spiro atoms. The Kier molecular flexibility index (Phi) is 2.83. The maximum atomic E-state index is 6.69. The molecule has 0 radical (unpaired) electrons. The predicted molar refractivity (Wildman–Crippen MR) is 81.4 cm³/mol. The summed E-state index contributed by atoms with van der Waals surface area (Å²) in [6.45, 7) is 6.80. The Labute approximate surface area is 122 Å². The van der Waals surface area contributed by atoms with E-state index in [-0.39, 0.29) is 11.1 Å². The van der Waals surface area contributed by atoms with Gasteiger partial charge in [0.2, 0.25) is 0 Å². The van der Waals surface area contributed by atoms with E-state index in [1.54, 1.807) is 0 Å². The summed E-state index contributed by atoms with van der Waals surface area (Å²) < 4.78 is 0. The van der Waals surface area contributed by atoms with Gasteiger partial charge >= 0.3 is 0 Å². The van der Waals surface area contributed by atoms with Crippen molar-refractivity contribution in [2.45, 2.75) is 62.6 Å². The molecule has 4 fully saturated rings. The van der Waals surface area contributed by atoms with E-state index in [2.05, 4.69) is 17.1 Å². The first kappa shape index (κ1) is 13.5. The summed E-state index contributed by atoms with van der Waals surface area (Å²) in [5.74, 6) is 0.698. The minimum Gasteiger partial charge on any atom is -0.322 e. The zero-order valence-corrected chi connectivity index (χ0v) is 12.8. The fourth-order valence-corrected chi connectivity index (χ4v) is 5.77. The van der Waals surface area contributed by atoms with Gasteiger partial charge in [-0.05, 0) is 62.9 Å². The first-order valence-electron chi connectivity index (χ1n) is 8.46. The molecule has 2 heterocycles. The van der Waals surface area contributed by atoms with Crippen LogP contribution in [-0.2, 0) is 0 Å².